The normalized spacial score (nSPS) is 39.2. The van der Waals surface area contributed by atoms with E-state index in [2.05, 4.69) is 25.7 Å². The van der Waals surface area contributed by atoms with Gasteiger partial charge < -0.3 is 10.6 Å². The maximum absolute atomic E-state index is 5.97. The fourth-order valence-electron chi connectivity index (χ4n) is 3.60. The molecular weight excluding hydrogens is 208 g/mol. The van der Waals surface area contributed by atoms with Gasteiger partial charge in [0.15, 0.2) is 0 Å². The van der Waals surface area contributed by atoms with Crippen LogP contribution in [0.5, 0.6) is 0 Å². The number of rotatable bonds is 2. The molecule has 2 aliphatic rings. The van der Waals surface area contributed by atoms with Gasteiger partial charge in [0, 0.05) is 6.04 Å². The van der Waals surface area contributed by atoms with E-state index in [-0.39, 0.29) is 0 Å². The van der Waals surface area contributed by atoms with Crippen LogP contribution >= 0.6 is 0 Å². The average molecular weight is 238 g/mol. The maximum Gasteiger partial charge on any atom is 0.0138 e. The Kier molecular flexibility index (Phi) is 4.14. The first-order valence-electron chi connectivity index (χ1n) is 7.46. The van der Waals surface area contributed by atoms with Crippen molar-refractivity contribution in [3.63, 3.8) is 0 Å². The molecule has 2 fully saturated rings. The Morgan fingerprint density at radius 3 is 2.41 bits per heavy atom. The van der Waals surface area contributed by atoms with E-state index in [0.717, 1.165) is 24.4 Å². The van der Waals surface area contributed by atoms with Crippen LogP contribution in [0, 0.1) is 17.3 Å². The Hall–Kier alpha value is -0.0800. The molecule has 0 bridgehead atoms. The van der Waals surface area contributed by atoms with Gasteiger partial charge >= 0.3 is 0 Å². The summed E-state index contributed by atoms with van der Waals surface area (Å²) in [5, 5.41) is 0. The third kappa shape index (κ3) is 3.23. The van der Waals surface area contributed by atoms with Crippen LogP contribution in [0.2, 0.25) is 0 Å². The third-order valence-corrected chi connectivity index (χ3v) is 5.14. The second kappa shape index (κ2) is 5.27. The van der Waals surface area contributed by atoms with Crippen molar-refractivity contribution in [2.75, 3.05) is 19.6 Å². The van der Waals surface area contributed by atoms with Crippen LogP contribution in [0.4, 0.5) is 0 Å². The topological polar surface area (TPSA) is 29.3 Å². The molecule has 2 rings (SSSR count). The van der Waals surface area contributed by atoms with Crippen molar-refractivity contribution in [1.29, 1.82) is 0 Å². The molecule has 0 aromatic rings. The second-order valence-electron chi connectivity index (χ2n) is 7.18. The first kappa shape index (κ1) is 13.4. The summed E-state index contributed by atoms with van der Waals surface area (Å²) in [7, 11) is 0. The molecule has 1 aliphatic heterocycles. The molecule has 0 aromatic carbocycles. The summed E-state index contributed by atoms with van der Waals surface area (Å²) in [6.45, 7) is 10.7. The molecule has 2 nitrogen and oxygen atoms in total. The third-order valence-electron chi connectivity index (χ3n) is 5.14. The maximum atomic E-state index is 5.97. The molecule has 3 unspecified atom stereocenters. The van der Waals surface area contributed by atoms with Gasteiger partial charge in [0.2, 0.25) is 0 Å². The van der Waals surface area contributed by atoms with Crippen molar-refractivity contribution < 1.29 is 0 Å². The molecule has 17 heavy (non-hydrogen) atoms. The van der Waals surface area contributed by atoms with E-state index in [1.54, 1.807) is 0 Å². The van der Waals surface area contributed by atoms with E-state index in [0.29, 0.717) is 5.41 Å². The van der Waals surface area contributed by atoms with Crippen molar-refractivity contribution >= 4 is 0 Å². The molecule has 2 N–H and O–H groups in total. The van der Waals surface area contributed by atoms with Gasteiger partial charge in [-0.1, -0.05) is 27.2 Å². The van der Waals surface area contributed by atoms with Crippen LogP contribution in [0.3, 0.4) is 0 Å². The highest BCUT2D eigenvalue weighted by Crippen LogP contribution is 2.36. The van der Waals surface area contributed by atoms with Crippen LogP contribution in [-0.4, -0.2) is 30.6 Å². The van der Waals surface area contributed by atoms with Crippen molar-refractivity contribution in [2.24, 2.45) is 23.0 Å². The average Bonchev–Trinajstić information content (AvgIpc) is 2.29. The lowest BCUT2D eigenvalue weighted by molar-refractivity contribution is 0.0367. The minimum atomic E-state index is 0.564. The van der Waals surface area contributed by atoms with Gasteiger partial charge in [-0.05, 0) is 62.6 Å². The Labute approximate surface area is 107 Å². The fourth-order valence-corrected chi connectivity index (χ4v) is 3.60. The van der Waals surface area contributed by atoms with Crippen LogP contribution in [0.1, 0.15) is 52.9 Å². The highest BCUT2D eigenvalue weighted by atomic mass is 15.2. The van der Waals surface area contributed by atoms with Crippen molar-refractivity contribution in [1.82, 2.24) is 4.90 Å². The number of likely N-dealkylation sites (tertiary alicyclic amines) is 1. The Balaban J connectivity index is 1.95. The molecule has 1 saturated heterocycles. The van der Waals surface area contributed by atoms with Gasteiger partial charge in [-0.3, -0.25) is 0 Å². The zero-order valence-corrected chi connectivity index (χ0v) is 11.9. The van der Waals surface area contributed by atoms with Crippen LogP contribution in [0.15, 0.2) is 0 Å². The van der Waals surface area contributed by atoms with Gasteiger partial charge in [-0.2, -0.15) is 0 Å². The van der Waals surface area contributed by atoms with Gasteiger partial charge in [-0.25, -0.2) is 0 Å². The molecule has 0 amide bonds. The smallest absolute Gasteiger partial charge is 0.0138 e. The summed E-state index contributed by atoms with van der Waals surface area (Å²) in [6.07, 6.45) is 6.83. The largest absolute Gasteiger partial charge is 0.330 e. The van der Waals surface area contributed by atoms with Crippen LogP contribution in [0.25, 0.3) is 0 Å². The summed E-state index contributed by atoms with van der Waals surface area (Å²) < 4.78 is 0. The number of hydrogen-bond donors (Lipinski definition) is 1. The molecule has 1 heterocycles. The van der Waals surface area contributed by atoms with Gasteiger partial charge in [0.05, 0.1) is 0 Å². The highest BCUT2D eigenvalue weighted by Gasteiger charge is 2.35. The van der Waals surface area contributed by atoms with E-state index >= 15 is 0 Å². The Bertz CT molecular complexity index is 239. The minimum Gasteiger partial charge on any atom is -0.330 e. The monoisotopic (exact) mass is 238 g/mol. The van der Waals surface area contributed by atoms with E-state index < -0.39 is 0 Å². The van der Waals surface area contributed by atoms with E-state index in [1.165, 1.54) is 45.2 Å². The first-order valence-corrected chi connectivity index (χ1v) is 7.46. The van der Waals surface area contributed by atoms with Crippen molar-refractivity contribution in [2.45, 2.75) is 58.9 Å². The van der Waals surface area contributed by atoms with Gasteiger partial charge in [0.1, 0.15) is 0 Å². The quantitative estimate of drug-likeness (QED) is 0.801. The number of nitrogens with two attached hydrogens (primary N) is 1. The first-order chi connectivity index (χ1) is 8.02. The lowest BCUT2D eigenvalue weighted by Gasteiger charge is -2.46. The molecule has 0 aromatic heterocycles. The molecule has 1 saturated carbocycles. The van der Waals surface area contributed by atoms with Gasteiger partial charge in [0.25, 0.3) is 0 Å². The molecule has 0 spiro atoms. The summed E-state index contributed by atoms with van der Waals surface area (Å²) in [5.41, 5.74) is 6.54. The molecule has 2 heteroatoms. The molecule has 0 radical (unpaired) electrons. The molecule has 1 aliphatic carbocycles. The lowest BCUT2D eigenvalue weighted by atomic mass is 9.76. The van der Waals surface area contributed by atoms with E-state index in [4.69, 9.17) is 5.73 Å². The molecule has 3 atom stereocenters. The fraction of sp³-hybridized carbons (Fsp3) is 1.00. The zero-order chi connectivity index (χ0) is 12.5. The van der Waals surface area contributed by atoms with Gasteiger partial charge in [-0.15, -0.1) is 0 Å². The standard InChI is InChI=1S/C15H30N2/c1-12-4-5-13(11-16)14(10-12)17-8-6-15(2,3)7-9-17/h12-14H,4-11,16H2,1-3H3. The zero-order valence-electron chi connectivity index (χ0n) is 11.9. The van der Waals surface area contributed by atoms with Crippen molar-refractivity contribution in [3.05, 3.63) is 0 Å². The lowest BCUT2D eigenvalue weighted by Crippen LogP contribution is -2.50. The minimum absolute atomic E-state index is 0.564. The molecule has 100 valence electrons. The Morgan fingerprint density at radius 2 is 1.82 bits per heavy atom. The van der Waals surface area contributed by atoms with E-state index in [1.807, 2.05) is 0 Å². The second-order valence-corrected chi connectivity index (χ2v) is 7.18. The number of piperidine rings is 1. The van der Waals surface area contributed by atoms with E-state index in [9.17, 15) is 0 Å². The SMILES string of the molecule is CC1CCC(CN)C(N2CCC(C)(C)CC2)C1. The highest BCUT2D eigenvalue weighted by molar-refractivity contribution is 4.89. The summed E-state index contributed by atoms with van der Waals surface area (Å²) in [5.74, 6) is 1.66. The van der Waals surface area contributed by atoms with Crippen LogP contribution in [-0.2, 0) is 0 Å². The summed E-state index contributed by atoms with van der Waals surface area (Å²) in [4.78, 5) is 2.75. The van der Waals surface area contributed by atoms with Crippen molar-refractivity contribution in [3.8, 4) is 0 Å². The predicted octanol–water partition coefficient (Wildman–Crippen LogP) is 2.87. The number of nitrogens with zero attached hydrogens (tertiary/aromatic N) is 1. The Morgan fingerprint density at radius 1 is 1.18 bits per heavy atom. The number of hydrogen-bond acceptors (Lipinski definition) is 2. The summed E-state index contributed by atoms with van der Waals surface area (Å²) in [6, 6.07) is 0.778. The summed E-state index contributed by atoms with van der Waals surface area (Å²) >= 11 is 0. The molecular formula is C15H30N2. The van der Waals surface area contributed by atoms with Crippen LogP contribution < -0.4 is 5.73 Å². The predicted molar refractivity (Wildman–Crippen MR) is 73.9 cm³/mol.